The van der Waals surface area contributed by atoms with E-state index < -0.39 is 35.9 Å². The zero-order chi connectivity index (χ0) is 22.8. The number of thiazole rings is 1. The summed E-state index contributed by atoms with van der Waals surface area (Å²) in [7, 11) is 1.35. The van der Waals surface area contributed by atoms with Gasteiger partial charge in [-0.25, -0.2) is 9.78 Å². The van der Waals surface area contributed by atoms with Crippen molar-refractivity contribution in [3.05, 3.63) is 58.1 Å². The molecule has 4 amide bonds. The van der Waals surface area contributed by atoms with Gasteiger partial charge in [0.2, 0.25) is 5.54 Å². The van der Waals surface area contributed by atoms with E-state index in [0.29, 0.717) is 5.01 Å². The van der Waals surface area contributed by atoms with Gasteiger partial charge >= 0.3 is 12.0 Å². The molecule has 11 heteroatoms. The fourth-order valence-corrected chi connectivity index (χ4v) is 5.42. The van der Waals surface area contributed by atoms with E-state index in [0.717, 1.165) is 24.9 Å². The number of imide groups is 1. The molecule has 2 aromatic carbocycles. The molecule has 5 rings (SSSR count). The number of carboxylic acid groups (broad SMARTS) is 1. The number of carboxylic acids is 1. The number of nitrogens with zero attached hydrogens (tertiary/aromatic N) is 4. The van der Waals surface area contributed by atoms with Crippen molar-refractivity contribution < 1.29 is 24.3 Å². The molecule has 3 aromatic rings. The molecular formula is C21H15ClN4O5S. The summed E-state index contributed by atoms with van der Waals surface area (Å²) in [6.07, 6.45) is 0. The van der Waals surface area contributed by atoms with Crippen LogP contribution in [-0.2, 0) is 26.5 Å². The van der Waals surface area contributed by atoms with Crippen molar-refractivity contribution in [2.75, 3.05) is 18.5 Å². The molecule has 1 N–H and O–H groups in total. The molecule has 9 nitrogen and oxygen atoms in total. The van der Waals surface area contributed by atoms with Crippen LogP contribution in [0.4, 0.5) is 10.5 Å². The Labute approximate surface area is 190 Å². The number of halogens is 1. The Morgan fingerprint density at radius 1 is 1.12 bits per heavy atom. The third-order valence-electron chi connectivity index (χ3n) is 5.69. The molecule has 0 aliphatic carbocycles. The average molecular weight is 471 g/mol. The van der Waals surface area contributed by atoms with E-state index >= 15 is 0 Å². The summed E-state index contributed by atoms with van der Waals surface area (Å²) in [5.74, 6) is -2.81. The lowest BCUT2D eigenvalue weighted by Crippen LogP contribution is -2.53. The maximum absolute atomic E-state index is 13.7. The highest BCUT2D eigenvalue weighted by molar-refractivity contribution is 7.18. The van der Waals surface area contributed by atoms with Crippen molar-refractivity contribution in [3.63, 3.8) is 0 Å². The van der Waals surface area contributed by atoms with Gasteiger partial charge in [0.05, 0.1) is 22.4 Å². The van der Waals surface area contributed by atoms with Crippen LogP contribution in [0, 0.1) is 0 Å². The fourth-order valence-electron chi connectivity index (χ4n) is 4.29. The number of aromatic nitrogens is 1. The van der Waals surface area contributed by atoms with Crippen molar-refractivity contribution >= 4 is 62.7 Å². The Bertz CT molecular complexity index is 1310. The van der Waals surface area contributed by atoms with E-state index in [1.807, 2.05) is 24.3 Å². The van der Waals surface area contributed by atoms with Gasteiger partial charge < -0.3 is 10.0 Å². The first-order valence-electron chi connectivity index (χ1n) is 9.53. The van der Waals surface area contributed by atoms with E-state index in [4.69, 9.17) is 11.6 Å². The summed E-state index contributed by atoms with van der Waals surface area (Å²) in [6, 6.07) is 11.2. The van der Waals surface area contributed by atoms with Gasteiger partial charge in [-0.3, -0.25) is 24.2 Å². The zero-order valence-corrected chi connectivity index (χ0v) is 18.2. The minimum atomic E-state index is -2.01. The molecular weight excluding hydrogens is 456 g/mol. The lowest BCUT2D eigenvalue weighted by Gasteiger charge is -2.27. The van der Waals surface area contributed by atoms with Gasteiger partial charge in [-0.2, -0.15) is 0 Å². The molecule has 0 radical (unpaired) electrons. The summed E-state index contributed by atoms with van der Waals surface area (Å²) in [4.78, 5) is 59.2. The Morgan fingerprint density at radius 3 is 2.56 bits per heavy atom. The number of hydrogen-bond acceptors (Lipinski definition) is 6. The molecule has 0 unspecified atom stereocenters. The molecule has 1 aromatic heterocycles. The standard InChI is InChI=1S/C21H15ClN4O5S/c1-24-20(31)26(9-16-23-13-4-2-3-5-15(13)32-16)19(30)21(24)12-8-11(22)6-7-14(12)25(18(21)29)10-17(27)28/h2-8H,9-10H2,1H3,(H,27,28)/t21-/m0/s1. The number of rotatable bonds is 4. The number of urea groups is 1. The Hall–Kier alpha value is -3.50. The number of aliphatic carboxylic acids is 1. The second-order valence-electron chi connectivity index (χ2n) is 7.47. The number of carbonyl (C=O) groups excluding carboxylic acids is 3. The third kappa shape index (κ3) is 2.66. The van der Waals surface area contributed by atoms with Crippen LogP contribution < -0.4 is 4.90 Å². The predicted octanol–water partition coefficient (Wildman–Crippen LogP) is 2.67. The first-order valence-corrected chi connectivity index (χ1v) is 10.7. The monoisotopic (exact) mass is 470 g/mol. The lowest BCUT2D eigenvalue weighted by atomic mass is 9.90. The van der Waals surface area contributed by atoms with Crippen LogP contribution in [0.2, 0.25) is 5.02 Å². The van der Waals surface area contributed by atoms with Gasteiger partial charge in [-0.05, 0) is 30.3 Å². The SMILES string of the molecule is CN1C(=O)N(Cc2nc3ccccc3s2)C(=O)[C@]12C(=O)N(CC(=O)O)c1ccc(Cl)cc12. The molecule has 3 heterocycles. The van der Waals surface area contributed by atoms with E-state index in [1.165, 1.54) is 36.6 Å². The summed E-state index contributed by atoms with van der Waals surface area (Å²) in [5.41, 5.74) is -0.847. The van der Waals surface area contributed by atoms with E-state index in [-0.39, 0.29) is 22.8 Å². The van der Waals surface area contributed by atoms with Gasteiger partial charge in [0.25, 0.3) is 11.8 Å². The fraction of sp³-hybridized carbons (Fsp3) is 0.190. The van der Waals surface area contributed by atoms with Crippen LogP contribution in [0.25, 0.3) is 10.2 Å². The van der Waals surface area contributed by atoms with Gasteiger partial charge in [-0.15, -0.1) is 11.3 Å². The molecule has 0 saturated carbocycles. The van der Waals surface area contributed by atoms with Crippen LogP contribution in [0.3, 0.4) is 0 Å². The van der Waals surface area contributed by atoms with Gasteiger partial charge in [0, 0.05) is 17.6 Å². The minimum absolute atomic E-state index is 0.106. The molecule has 2 aliphatic heterocycles. The Morgan fingerprint density at radius 2 is 1.84 bits per heavy atom. The maximum Gasteiger partial charge on any atom is 0.328 e. The highest BCUT2D eigenvalue weighted by atomic mass is 35.5. The third-order valence-corrected chi connectivity index (χ3v) is 6.95. The molecule has 0 bridgehead atoms. The van der Waals surface area contributed by atoms with E-state index in [1.54, 1.807) is 0 Å². The molecule has 1 saturated heterocycles. The van der Waals surface area contributed by atoms with Crippen molar-refractivity contribution in [2.45, 2.75) is 12.1 Å². The summed E-state index contributed by atoms with van der Waals surface area (Å²) >= 11 is 7.49. The van der Waals surface area contributed by atoms with Crippen LogP contribution in [0.5, 0.6) is 0 Å². The van der Waals surface area contributed by atoms with Crippen LogP contribution in [0.1, 0.15) is 10.6 Å². The van der Waals surface area contributed by atoms with Crippen molar-refractivity contribution in [1.82, 2.24) is 14.8 Å². The normalized spacial score (nSPS) is 20.2. The van der Waals surface area contributed by atoms with Gasteiger partial charge in [0.15, 0.2) is 0 Å². The second kappa shape index (κ2) is 7.01. The lowest BCUT2D eigenvalue weighted by molar-refractivity contribution is -0.143. The smallest absolute Gasteiger partial charge is 0.328 e. The van der Waals surface area contributed by atoms with Gasteiger partial charge in [0.1, 0.15) is 11.6 Å². The first kappa shape index (κ1) is 20.4. The van der Waals surface area contributed by atoms with E-state index in [2.05, 4.69) is 4.98 Å². The van der Waals surface area contributed by atoms with Crippen molar-refractivity contribution in [2.24, 2.45) is 0 Å². The van der Waals surface area contributed by atoms with Crippen molar-refractivity contribution in [3.8, 4) is 0 Å². The van der Waals surface area contributed by atoms with Crippen LogP contribution in [0.15, 0.2) is 42.5 Å². The minimum Gasteiger partial charge on any atom is -0.480 e. The number of para-hydroxylation sites is 1. The predicted molar refractivity (Wildman–Crippen MR) is 116 cm³/mol. The summed E-state index contributed by atoms with van der Waals surface area (Å²) in [6.45, 7) is -0.756. The Balaban J connectivity index is 1.60. The molecule has 32 heavy (non-hydrogen) atoms. The molecule has 2 aliphatic rings. The molecule has 162 valence electrons. The maximum atomic E-state index is 13.7. The number of carbonyl (C=O) groups is 4. The van der Waals surface area contributed by atoms with Crippen molar-refractivity contribution in [1.29, 1.82) is 0 Å². The topological polar surface area (TPSA) is 111 Å². The van der Waals surface area contributed by atoms with Gasteiger partial charge in [-0.1, -0.05) is 23.7 Å². The summed E-state index contributed by atoms with van der Waals surface area (Å²) < 4.78 is 0.909. The number of likely N-dealkylation sites (N-methyl/N-ethyl adjacent to an activating group) is 1. The average Bonchev–Trinajstić information content (AvgIpc) is 3.32. The van der Waals surface area contributed by atoms with Crippen LogP contribution in [-0.4, -0.2) is 57.3 Å². The number of benzene rings is 2. The number of hydrogen-bond donors (Lipinski definition) is 1. The molecule has 1 fully saturated rings. The number of anilines is 1. The number of fused-ring (bicyclic) bond motifs is 3. The largest absolute Gasteiger partial charge is 0.480 e. The molecule has 1 atom stereocenters. The number of amides is 4. The summed E-state index contributed by atoms with van der Waals surface area (Å²) in [5, 5.41) is 10.1. The quantitative estimate of drug-likeness (QED) is 0.463. The van der Waals surface area contributed by atoms with E-state index in [9.17, 15) is 24.3 Å². The second-order valence-corrected chi connectivity index (χ2v) is 9.02. The zero-order valence-electron chi connectivity index (χ0n) is 16.6. The highest BCUT2D eigenvalue weighted by Crippen LogP contribution is 2.49. The first-order chi connectivity index (χ1) is 15.2. The Kier molecular flexibility index (Phi) is 4.47. The molecule has 1 spiro atoms. The highest BCUT2D eigenvalue weighted by Gasteiger charge is 2.67. The van der Waals surface area contributed by atoms with Crippen LogP contribution >= 0.6 is 22.9 Å².